The quantitative estimate of drug-likeness (QED) is 0.749. The Kier molecular flexibility index (Phi) is 4.19. The second kappa shape index (κ2) is 6.21. The number of aryl methyl sites for hydroxylation is 1. The zero-order valence-corrected chi connectivity index (χ0v) is 15.7. The van der Waals surface area contributed by atoms with Gasteiger partial charge in [0.25, 0.3) is 0 Å². The van der Waals surface area contributed by atoms with Gasteiger partial charge in [-0.2, -0.15) is 12.7 Å². The number of hydrogen-bond acceptors (Lipinski definition) is 6. The van der Waals surface area contributed by atoms with E-state index in [0.29, 0.717) is 18.2 Å². The monoisotopic (exact) mass is 382 g/mol. The zero-order chi connectivity index (χ0) is 16.7. The minimum absolute atomic E-state index is 0.424. The Hall–Kier alpha value is -1.29. The molecule has 0 radical (unpaired) electrons. The minimum Gasteiger partial charge on any atom is -0.246 e. The van der Waals surface area contributed by atoms with Gasteiger partial charge >= 0.3 is 10.2 Å². The summed E-state index contributed by atoms with van der Waals surface area (Å²) >= 11 is 2.99. The molecule has 1 N–H and O–H groups in total. The van der Waals surface area contributed by atoms with E-state index in [4.69, 9.17) is 0 Å². The maximum Gasteiger partial charge on any atom is 0.303 e. The Morgan fingerprint density at radius 1 is 1.00 bits per heavy atom. The van der Waals surface area contributed by atoms with Crippen molar-refractivity contribution in [2.45, 2.75) is 32.6 Å². The molecule has 9 heteroatoms. The number of hydrogen-bond donors (Lipinski definition) is 1. The average Bonchev–Trinajstić information content (AvgIpc) is 2.97. The highest BCUT2D eigenvalue weighted by Crippen LogP contribution is 2.36. The molecular weight excluding hydrogens is 364 g/mol. The van der Waals surface area contributed by atoms with Crippen LogP contribution in [-0.2, 0) is 10.2 Å². The van der Waals surface area contributed by atoms with Crippen molar-refractivity contribution in [3.05, 3.63) is 17.1 Å². The van der Waals surface area contributed by atoms with Crippen molar-refractivity contribution in [3.63, 3.8) is 0 Å². The molecule has 1 saturated heterocycles. The van der Waals surface area contributed by atoms with E-state index < -0.39 is 10.2 Å². The molecule has 0 bridgehead atoms. The molecule has 2 aromatic heterocycles. The van der Waals surface area contributed by atoms with Crippen LogP contribution in [-0.4, -0.2) is 35.8 Å². The fourth-order valence-electron chi connectivity index (χ4n) is 2.98. The summed E-state index contributed by atoms with van der Waals surface area (Å²) in [5.41, 5.74) is 1.75. The molecule has 3 aromatic rings. The van der Waals surface area contributed by atoms with E-state index in [-0.39, 0.29) is 0 Å². The third kappa shape index (κ3) is 3.01. The Morgan fingerprint density at radius 3 is 2.33 bits per heavy atom. The first-order chi connectivity index (χ1) is 11.5. The number of nitrogens with zero attached hydrogens (tertiary/aromatic N) is 3. The number of aromatic nitrogens is 2. The van der Waals surface area contributed by atoms with E-state index in [2.05, 4.69) is 14.7 Å². The van der Waals surface area contributed by atoms with Crippen molar-refractivity contribution >= 4 is 58.4 Å². The topological polar surface area (TPSA) is 75.2 Å². The lowest BCUT2D eigenvalue weighted by Gasteiger charge is -2.19. The minimum atomic E-state index is -3.54. The molecule has 4 rings (SSSR count). The fraction of sp³-hybridized carbons (Fsp3) is 0.467. The standard InChI is InChI=1S/C15H18N4O2S3/c1-10-16-11-6-7-12-14(13(11)22-10)23-15(17-12)18-24(20,21)19-8-4-2-3-5-9-19/h6-7H,2-5,8-9H2,1H3,(H,17,18). The summed E-state index contributed by atoms with van der Waals surface area (Å²) in [6.07, 6.45) is 4.02. The van der Waals surface area contributed by atoms with Crippen LogP contribution < -0.4 is 4.72 Å². The molecule has 1 fully saturated rings. The summed E-state index contributed by atoms with van der Waals surface area (Å²) in [6.45, 7) is 3.14. The first kappa shape index (κ1) is 16.2. The number of rotatable bonds is 3. The highest BCUT2D eigenvalue weighted by Gasteiger charge is 2.24. The van der Waals surface area contributed by atoms with Gasteiger partial charge < -0.3 is 0 Å². The van der Waals surface area contributed by atoms with Crippen molar-refractivity contribution < 1.29 is 8.42 Å². The molecule has 0 saturated carbocycles. The van der Waals surface area contributed by atoms with Crippen LogP contribution in [0.2, 0.25) is 0 Å². The Bertz CT molecular complexity index is 985. The normalized spacial score (nSPS) is 17.4. The van der Waals surface area contributed by atoms with Crippen molar-refractivity contribution in [1.82, 2.24) is 14.3 Å². The number of thiazole rings is 2. The van der Waals surface area contributed by atoms with Crippen molar-refractivity contribution in [3.8, 4) is 0 Å². The Balaban J connectivity index is 1.67. The number of benzene rings is 1. The molecule has 6 nitrogen and oxygen atoms in total. The summed E-state index contributed by atoms with van der Waals surface area (Å²) in [6, 6.07) is 3.84. The van der Waals surface area contributed by atoms with Gasteiger partial charge in [-0.05, 0) is 31.9 Å². The van der Waals surface area contributed by atoms with Crippen molar-refractivity contribution in [2.24, 2.45) is 0 Å². The SMILES string of the molecule is Cc1nc2ccc3nc(NS(=O)(=O)N4CCCCCC4)sc3c2s1. The van der Waals surface area contributed by atoms with Crippen LogP contribution in [0.3, 0.4) is 0 Å². The molecule has 0 amide bonds. The second-order valence-electron chi connectivity index (χ2n) is 5.93. The predicted octanol–water partition coefficient (Wildman–Crippen LogP) is 3.75. The van der Waals surface area contributed by atoms with E-state index >= 15 is 0 Å². The molecular formula is C15H18N4O2S3. The van der Waals surface area contributed by atoms with Crippen molar-refractivity contribution in [2.75, 3.05) is 17.8 Å². The summed E-state index contributed by atoms with van der Waals surface area (Å²) in [4.78, 5) is 8.94. The van der Waals surface area contributed by atoms with Crippen LogP contribution in [0.15, 0.2) is 12.1 Å². The molecule has 1 aliphatic heterocycles. The molecule has 1 aliphatic rings. The van der Waals surface area contributed by atoms with Gasteiger partial charge in [0.05, 0.1) is 25.4 Å². The van der Waals surface area contributed by atoms with Gasteiger partial charge in [0.1, 0.15) is 0 Å². The predicted molar refractivity (Wildman–Crippen MR) is 100 cm³/mol. The molecule has 0 aliphatic carbocycles. The molecule has 0 unspecified atom stereocenters. The summed E-state index contributed by atoms with van der Waals surface area (Å²) < 4.78 is 31.5. The molecule has 0 atom stereocenters. The highest BCUT2D eigenvalue weighted by molar-refractivity contribution is 7.90. The third-order valence-corrected chi connectivity index (χ3v) is 7.90. The van der Waals surface area contributed by atoms with Crippen LogP contribution in [0.25, 0.3) is 20.4 Å². The van der Waals surface area contributed by atoms with Gasteiger partial charge in [-0.25, -0.2) is 14.7 Å². The number of fused-ring (bicyclic) bond motifs is 3. The lowest BCUT2D eigenvalue weighted by Crippen LogP contribution is -2.36. The average molecular weight is 383 g/mol. The summed E-state index contributed by atoms with van der Waals surface area (Å²) in [5, 5.41) is 1.42. The molecule has 0 spiro atoms. The third-order valence-electron chi connectivity index (χ3n) is 4.14. The van der Waals surface area contributed by atoms with E-state index in [1.807, 2.05) is 19.1 Å². The first-order valence-electron chi connectivity index (χ1n) is 7.97. The maximum absolute atomic E-state index is 12.6. The van der Waals surface area contributed by atoms with E-state index in [1.54, 1.807) is 15.6 Å². The second-order valence-corrected chi connectivity index (χ2v) is 9.81. The van der Waals surface area contributed by atoms with Crippen LogP contribution in [0.5, 0.6) is 0 Å². The summed E-state index contributed by atoms with van der Waals surface area (Å²) in [5.74, 6) is 0. The van der Waals surface area contributed by atoms with Gasteiger partial charge in [0.2, 0.25) is 0 Å². The first-order valence-corrected chi connectivity index (χ1v) is 11.0. The lowest BCUT2D eigenvalue weighted by atomic mass is 10.2. The maximum atomic E-state index is 12.6. The van der Waals surface area contributed by atoms with Gasteiger partial charge in [-0.15, -0.1) is 11.3 Å². The van der Waals surface area contributed by atoms with E-state index in [0.717, 1.165) is 51.1 Å². The largest absolute Gasteiger partial charge is 0.303 e. The van der Waals surface area contributed by atoms with Crippen LogP contribution in [0.4, 0.5) is 5.13 Å². The molecule has 128 valence electrons. The van der Waals surface area contributed by atoms with E-state index in [9.17, 15) is 8.42 Å². The van der Waals surface area contributed by atoms with Gasteiger partial charge in [0.15, 0.2) is 5.13 Å². The highest BCUT2D eigenvalue weighted by atomic mass is 32.2. The smallest absolute Gasteiger partial charge is 0.246 e. The molecule has 1 aromatic carbocycles. The number of nitrogens with one attached hydrogen (secondary N) is 1. The Labute approximate surface area is 148 Å². The van der Waals surface area contributed by atoms with Gasteiger partial charge in [-0.3, -0.25) is 0 Å². The lowest BCUT2D eigenvalue weighted by molar-refractivity contribution is 0.427. The number of anilines is 1. The summed E-state index contributed by atoms with van der Waals surface area (Å²) in [7, 11) is -3.54. The van der Waals surface area contributed by atoms with Gasteiger partial charge in [0, 0.05) is 13.1 Å². The fourth-order valence-corrected chi connectivity index (χ4v) is 6.46. The van der Waals surface area contributed by atoms with Crippen LogP contribution in [0, 0.1) is 6.92 Å². The zero-order valence-electron chi connectivity index (χ0n) is 13.3. The van der Waals surface area contributed by atoms with Crippen molar-refractivity contribution in [1.29, 1.82) is 0 Å². The van der Waals surface area contributed by atoms with Gasteiger partial charge in [-0.1, -0.05) is 24.2 Å². The van der Waals surface area contributed by atoms with Crippen LogP contribution in [0.1, 0.15) is 30.7 Å². The van der Waals surface area contributed by atoms with Crippen LogP contribution >= 0.6 is 22.7 Å². The van der Waals surface area contributed by atoms with E-state index in [1.165, 1.54) is 11.3 Å². The Morgan fingerprint density at radius 2 is 1.62 bits per heavy atom. The molecule has 24 heavy (non-hydrogen) atoms. The molecule has 3 heterocycles.